The highest BCUT2D eigenvalue weighted by atomic mass is 35.5. The first kappa shape index (κ1) is 38.3. The summed E-state index contributed by atoms with van der Waals surface area (Å²) >= 11 is 10.5. The molecule has 49 heavy (non-hydrogen) atoms. The Morgan fingerprint density at radius 3 is 2.39 bits per heavy atom. The molecule has 4 N–H and O–H groups in total. The fraction of sp³-hybridized carbons (Fsp3) is 0.455. The molecular formula is C33H43Cl2N5O7S2. The number of hydrogen-bond donors (Lipinski definition) is 4. The molecule has 12 nitrogen and oxygen atoms in total. The van der Waals surface area contributed by atoms with Gasteiger partial charge in [-0.2, -0.15) is 0 Å². The van der Waals surface area contributed by atoms with E-state index in [2.05, 4.69) is 27.0 Å². The highest BCUT2D eigenvalue weighted by Crippen LogP contribution is 2.32. The maximum atomic E-state index is 13.6. The van der Waals surface area contributed by atoms with E-state index in [1.807, 2.05) is 6.92 Å². The van der Waals surface area contributed by atoms with Gasteiger partial charge in [-0.05, 0) is 57.0 Å². The summed E-state index contributed by atoms with van der Waals surface area (Å²) in [5.74, 6) is -0.0456. The second-order valence-corrected chi connectivity index (χ2v) is 15.6. The molecule has 0 spiro atoms. The Balaban J connectivity index is 1.45. The van der Waals surface area contributed by atoms with Crippen LogP contribution in [0.1, 0.15) is 81.8 Å². The summed E-state index contributed by atoms with van der Waals surface area (Å²) in [7, 11) is -3.54. The third kappa shape index (κ3) is 10.8. The number of anilines is 1. The summed E-state index contributed by atoms with van der Waals surface area (Å²) in [5, 5.41) is 15.8. The summed E-state index contributed by atoms with van der Waals surface area (Å²) in [6, 6.07) is 8.63. The van der Waals surface area contributed by atoms with Crippen molar-refractivity contribution in [3.8, 4) is 17.2 Å². The van der Waals surface area contributed by atoms with Crippen LogP contribution in [0.5, 0.6) is 17.2 Å². The van der Waals surface area contributed by atoms with Gasteiger partial charge in [-0.15, -0.1) is 0 Å². The van der Waals surface area contributed by atoms with E-state index in [1.165, 1.54) is 62.1 Å². The number of phenolic OH excluding ortho intramolecular Hbond substituents is 1. The number of amides is 1. The van der Waals surface area contributed by atoms with Crippen LogP contribution in [0.25, 0.3) is 5.65 Å². The first-order valence-electron chi connectivity index (χ1n) is 16.1. The van der Waals surface area contributed by atoms with E-state index in [4.69, 9.17) is 32.1 Å². The molecule has 0 aliphatic rings. The van der Waals surface area contributed by atoms with Crippen molar-refractivity contribution in [3.05, 3.63) is 63.5 Å². The zero-order valence-electron chi connectivity index (χ0n) is 28.0. The number of ether oxygens (including phenoxy) is 1. The summed E-state index contributed by atoms with van der Waals surface area (Å²) in [5.41, 5.74) is 2.62. The minimum Gasteiger partial charge on any atom is -0.506 e. The number of carbonyl (C=O) groups excluding carboxylic acids is 1. The Morgan fingerprint density at radius 1 is 1.04 bits per heavy atom. The third-order valence-corrected chi connectivity index (χ3v) is 10.0. The van der Waals surface area contributed by atoms with Gasteiger partial charge < -0.3 is 19.3 Å². The number of H-pyrrole nitrogens is 1. The molecule has 0 aliphatic carbocycles. The number of benzene rings is 2. The molecule has 2 atom stereocenters. The van der Waals surface area contributed by atoms with E-state index < -0.39 is 27.2 Å². The maximum absolute atomic E-state index is 13.6. The molecule has 16 heteroatoms. The molecule has 2 aromatic heterocycles. The van der Waals surface area contributed by atoms with Crippen LogP contribution in [-0.4, -0.2) is 50.6 Å². The van der Waals surface area contributed by atoms with Gasteiger partial charge in [-0.25, -0.2) is 22.1 Å². The first-order valence-corrected chi connectivity index (χ1v) is 19.9. The monoisotopic (exact) mass is 755 g/mol. The number of aromatic hydroxyl groups is 1. The molecule has 0 aliphatic heterocycles. The summed E-state index contributed by atoms with van der Waals surface area (Å²) in [4.78, 5) is 18.4. The van der Waals surface area contributed by atoms with Crippen LogP contribution in [0.3, 0.4) is 0 Å². The molecule has 0 bridgehead atoms. The molecular weight excluding hydrogens is 713 g/mol. The molecule has 4 rings (SSSR count). The Kier molecular flexibility index (Phi) is 13.7. The molecule has 0 saturated carbocycles. The van der Waals surface area contributed by atoms with Gasteiger partial charge in [0.2, 0.25) is 21.1 Å². The highest BCUT2D eigenvalue weighted by molar-refractivity contribution is 7.92. The van der Waals surface area contributed by atoms with Gasteiger partial charge in [0.15, 0.2) is 11.8 Å². The lowest BCUT2D eigenvalue weighted by molar-refractivity contribution is -0.128. The lowest BCUT2D eigenvalue weighted by atomic mass is 10.1. The SMILES string of the molecule is CCCCCCCCCCC(Oc1ccc(S(=O)Oc2ccc(O)c(Cl)c2)cc1Cl)C(=O)NCc1nc2c(NS(C)(=O)=O)c(C)[nH]n2c1C. The lowest BCUT2D eigenvalue weighted by Crippen LogP contribution is -2.38. The Labute approximate surface area is 299 Å². The zero-order chi connectivity index (χ0) is 35.7. The molecule has 0 radical (unpaired) electrons. The van der Waals surface area contributed by atoms with Crippen LogP contribution in [0.4, 0.5) is 5.69 Å². The number of nitrogens with one attached hydrogen (secondary N) is 3. The second-order valence-electron chi connectivity index (χ2n) is 11.9. The first-order chi connectivity index (χ1) is 23.3. The molecule has 0 saturated heterocycles. The summed E-state index contributed by atoms with van der Waals surface area (Å²) < 4.78 is 52.5. The Bertz CT molecular complexity index is 1900. The number of hydrogen-bond acceptors (Lipinski definition) is 8. The molecule has 2 unspecified atom stereocenters. The van der Waals surface area contributed by atoms with Crippen molar-refractivity contribution >= 4 is 61.5 Å². The van der Waals surface area contributed by atoms with Gasteiger partial charge >= 0.3 is 0 Å². The van der Waals surface area contributed by atoms with Crippen LogP contribution in [0.15, 0.2) is 41.3 Å². The number of imidazole rings is 1. The number of unbranched alkanes of at least 4 members (excludes halogenated alkanes) is 7. The number of phenols is 1. The smallest absolute Gasteiger partial charge is 0.261 e. The largest absolute Gasteiger partial charge is 0.506 e. The van der Waals surface area contributed by atoms with Gasteiger partial charge in [0.25, 0.3) is 5.91 Å². The van der Waals surface area contributed by atoms with Gasteiger partial charge in [0, 0.05) is 6.07 Å². The average molecular weight is 757 g/mol. The fourth-order valence-corrected chi connectivity index (χ4v) is 7.06. The fourth-order valence-electron chi connectivity index (χ4n) is 5.22. The van der Waals surface area contributed by atoms with E-state index >= 15 is 0 Å². The number of aromatic nitrogens is 3. The van der Waals surface area contributed by atoms with Gasteiger partial charge in [-0.3, -0.25) is 14.6 Å². The van der Waals surface area contributed by atoms with E-state index in [-0.39, 0.29) is 44.6 Å². The van der Waals surface area contributed by atoms with Crippen molar-refractivity contribution in [2.75, 3.05) is 11.0 Å². The van der Waals surface area contributed by atoms with Crippen molar-refractivity contribution in [3.63, 3.8) is 0 Å². The predicted octanol–water partition coefficient (Wildman–Crippen LogP) is 7.36. The van der Waals surface area contributed by atoms with Crippen molar-refractivity contribution in [2.24, 2.45) is 0 Å². The van der Waals surface area contributed by atoms with E-state index in [0.29, 0.717) is 34.8 Å². The minimum atomic E-state index is -3.54. The Hall–Kier alpha value is -3.46. The number of rotatable bonds is 19. The topological polar surface area (TPSA) is 164 Å². The quantitative estimate of drug-likeness (QED) is 0.0722. The molecule has 268 valence electrons. The van der Waals surface area contributed by atoms with Crippen LogP contribution in [0, 0.1) is 13.8 Å². The molecule has 1 amide bonds. The van der Waals surface area contributed by atoms with E-state index in [0.717, 1.165) is 31.9 Å². The third-order valence-electron chi connectivity index (χ3n) is 7.87. The van der Waals surface area contributed by atoms with Crippen LogP contribution >= 0.6 is 23.2 Å². The number of halogens is 2. The van der Waals surface area contributed by atoms with Crippen LogP contribution in [0.2, 0.25) is 10.0 Å². The van der Waals surface area contributed by atoms with E-state index in [9.17, 15) is 22.5 Å². The summed E-state index contributed by atoms with van der Waals surface area (Å²) in [6.07, 6.45) is 9.41. The average Bonchev–Trinajstić information content (AvgIpc) is 3.51. The number of carbonyl (C=O) groups is 1. The van der Waals surface area contributed by atoms with Crippen molar-refractivity contribution in [1.82, 2.24) is 19.9 Å². The number of nitrogens with zero attached hydrogens (tertiary/aromatic N) is 2. The zero-order valence-corrected chi connectivity index (χ0v) is 31.1. The number of aromatic amines is 1. The minimum absolute atomic E-state index is 0.0570. The number of aryl methyl sites for hydroxylation is 2. The summed E-state index contributed by atoms with van der Waals surface area (Å²) in [6.45, 7) is 5.83. The van der Waals surface area contributed by atoms with Crippen molar-refractivity contribution in [2.45, 2.75) is 96.1 Å². The number of fused-ring (bicyclic) bond motifs is 1. The van der Waals surface area contributed by atoms with Crippen molar-refractivity contribution < 1.29 is 31.4 Å². The van der Waals surface area contributed by atoms with Crippen molar-refractivity contribution in [1.29, 1.82) is 0 Å². The lowest BCUT2D eigenvalue weighted by Gasteiger charge is -2.20. The highest BCUT2D eigenvalue weighted by Gasteiger charge is 2.24. The van der Waals surface area contributed by atoms with Gasteiger partial charge in [-0.1, -0.05) is 75.1 Å². The molecule has 4 aromatic rings. The molecule has 2 heterocycles. The van der Waals surface area contributed by atoms with Gasteiger partial charge in [0.1, 0.15) is 22.9 Å². The van der Waals surface area contributed by atoms with Crippen LogP contribution < -0.4 is 19.0 Å². The maximum Gasteiger partial charge on any atom is 0.261 e. The number of sulfonamides is 1. The standard InChI is InChI=1S/C33H43Cl2N5O7S2/c1-5-6-7-8-9-10-11-12-13-30(33(42)36-20-27-22(3)40-32(37-27)31(21(2)38-40)39-49(4,44)45)46-29-17-15-24(19-26(29)35)48(43)47-23-14-16-28(41)25(34)18-23/h14-19,30,38-39,41H,5-13,20H2,1-4H3,(H,36,42). The van der Waals surface area contributed by atoms with Gasteiger partial charge in [0.05, 0.1) is 44.8 Å². The molecule has 0 fully saturated rings. The predicted molar refractivity (Wildman–Crippen MR) is 193 cm³/mol. The normalized spacial score (nSPS) is 12.9. The molecule has 2 aromatic carbocycles. The Morgan fingerprint density at radius 2 is 1.73 bits per heavy atom. The second kappa shape index (κ2) is 17.5. The van der Waals surface area contributed by atoms with Crippen LogP contribution in [-0.2, 0) is 32.4 Å². The van der Waals surface area contributed by atoms with E-state index in [1.54, 1.807) is 11.4 Å².